The van der Waals surface area contributed by atoms with Crippen molar-refractivity contribution >= 4 is 22.9 Å². The van der Waals surface area contributed by atoms with Gasteiger partial charge in [-0.15, -0.1) is 5.10 Å². The summed E-state index contributed by atoms with van der Waals surface area (Å²) in [5, 5.41) is 8.18. The summed E-state index contributed by atoms with van der Waals surface area (Å²) in [6.07, 6.45) is 6.11. The molecule has 0 spiro atoms. The van der Waals surface area contributed by atoms with Crippen LogP contribution in [0.15, 0.2) is 18.3 Å². The first-order valence-electron chi connectivity index (χ1n) is 7.41. The Morgan fingerprint density at radius 1 is 1.40 bits per heavy atom. The number of fused-ring (bicyclic) bond motifs is 5. The fraction of sp³-hybridized carbons (Fsp3) is 0.600. The number of halogens is 1. The third kappa shape index (κ3) is 1.38. The van der Waals surface area contributed by atoms with Crippen molar-refractivity contribution in [3.63, 3.8) is 0 Å². The van der Waals surface area contributed by atoms with Gasteiger partial charge < -0.3 is 5.32 Å². The first kappa shape index (κ1) is 11.4. The van der Waals surface area contributed by atoms with Crippen LogP contribution < -0.4 is 5.32 Å². The molecule has 3 saturated carbocycles. The molecule has 3 fully saturated rings. The molecule has 2 aromatic rings. The van der Waals surface area contributed by atoms with E-state index in [1.165, 1.54) is 19.3 Å². The van der Waals surface area contributed by atoms with Crippen molar-refractivity contribution < 1.29 is 0 Å². The molecule has 5 heteroatoms. The summed E-state index contributed by atoms with van der Waals surface area (Å²) < 4.78 is 1.80. The maximum Gasteiger partial charge on any atom is 0.243 e. The summed E-state index contributed by atoms with van der Waals surface area (Å²) >= 11 is 6.03. The molecule has 2 aromatic heterocycles. The Bertz CT molecular complexity index is 711. The molecule has 3 aliphatic carbocycles. The molecule has 20 heavy (non-hydrogen) atoms. The van der Waals surface area contributed by atoms with Gasteiger partial charge in [0.15, 0.2) is 5.82 Å². The van der Waals surface area contributed by atoms with E-state index >= 15 is 0 Å². The molecule has 4 nitrogen and oxygen atoms in total. The Hall–Kier alpha value is -1.29. The summed E-state index contributed by atoms with van der Waals surface area (Å²) in [5.41, 5.74) is 1.46. The Balaban J connectivity index is 1.53. The van der Waals surface area contributed by atoms with E-state index in [-0.39, 0.29) is 0 Å². The summed E-state index contributed by atoms with van der Waals surface area (Å²) in [5.74, 6) is 3.70. The highest BCUT2D eigenvalue weighted by Gasteiger charge is 2.65. The largest absolute Gasteiger partial charge is 0.365 e. The van der Waals surface area contributed by atoms with Crippen molar-refractivity contribution in [2.45, 2.75) is 32.2 Å². The molecule has 0 amide bonds. The molecular formula is C15H17ClN4. The topological polar surface area (TPSA) is 42.2 Å². The van der Waals surface area contributed by atoms with Crippen molar-refractivity contribution in [2.75, 3.05) is 5.32 Å². The molecule has 0 radical (unpaired) electrons. The third-order valence-electron chi connectivity index (χ3n) is 5.79. The van der Waals surface area contributed by atoms with Crippen LogP contribution in [0.2, 0.25) is 5.28 Å². The standard InChI is InChI=1S/C15H17ClN4/c1-15-6-8-5-9(8)10(7-15)12(15)17-13-11-3-2-4-20(11)19-14(16)18-13/h2-4,8-10,12H,5-7H2,1H3,(H,17,18,19)/t8-,9-,10+,12-,15+/m0/s1. The normalized spacial score (nSPS) is 41.1. The molecule has 0 saturated heterocycles. The quantitative estimate of drug-likeness (QED) is 0.922. The minimum atomic E-state index is 0.301. The fourth-order valence-electron chi connectivity index (χ4n) is 4.82. The average molecular weight is 289 g/mol. The van der Waals surface area contributed by atoms with Gasteiger partial charge in [-0.2, -0.15) is 4.98 Å². The van der Waals surface area contributed by atoms with Gasteiger partial charge in [0.1, 0.15) is 5.52 Å². The molecule has 2 heterocycles. The predicted octanol–water partition coefficient (Wildman–Crippen LogP) is 3.23. The van der Waals surface area contributed by atoms with Gasteiger partial charge in [-0.05, 0) is 66.2 Å². The lowest BCUT2D eigenvalue weighted by molar-refractivity contribution is -0.0163. The van der Waals surface area contributed by atoms with Gasteiger partial charge >= 0.3 is 0 Å². The zero-order valence-corrected chi connectivity index (χ0v) is 12.1. The van der Waals surface area contributed by atoms with Crippen LogP contribution in [-0.2, 0) is 0 Å². The lowest BCUT2D eigenvalue weighted by atomic mass is 9.51. The van der Waals surface area contributed by atoms with E-state index in [4.69, 9.17) is 11.6 Å². The molecule has 3 aliphatic rings. The van der Waals surface area contributed by atoms with Crippen LogP contribution in [0, 0.1) is 23.2 Å². The molecule has 5 atom stereocenters. The maximum absolute atomic E-state index is 6.03. The molecular weight excluding hydrogens is 272 g/mol. The monoisotopic (exact) mass is 288 g/mol. The Morgan fingerprint density at radius 2 is 2.30 bits per heavy atom. The van der Waals surface area contributed by atoms with Crippen LogP contribution in [0.4, 0.5) is 5.82 Å². The second-order valence-corrected chi connectivity index (χ2v) is 7.41. The zero-order chi connectivity index (χ0) is 13.5. The van der Waals surface area contributed by atoms with Gasteiger partial charge in [-0.25, -0.2) is 4.52 Å². The second kappa shape index (κ2) is 3.48. The highest BCUT2D eigenvalue weighted by atomic mass is 35.5. The van der Waals surface area contributed by atoms with Crippen LogP contribution in [0.1, 0.15) is 26.2 Å². The highest BCUT2D eigenvalue weighted by molar-refractivity contribution is 6.28. The Morgan fingerprint density at radius 3 is 3.20 bits per heavy atom. The number of rotatable bonds is 2. The lowest BCUT2D eigenvalue weighted by Gasteiger charge is -2.58. The first-order chi connectivity index (χ1) is 9.64. The smallest absolute Gasteiger partial charge is 0.243 e. The minimum Gasteiger partial charge on any atom is -0.365 e. The van der Waals surface area contributed by atoms with Gasteiger partial charge in [0.25, 0.3) is 0 Å². The minimum absolute atomic E-state index is 0.301. The number of hydrogen-bond donors (Lipinski definition) is 1. The number of nitrogens with one attached hydrogen (secondary N) is 1. The van der Waals surface area contributed by atoms with Gasteiger partial charge in [0.05, 0.1) is 0 Å². The van der Waals surface area contributed by atoms with Crippen LogP contribution in [0.3, 0.4) is 0 Å². The molecule has 5 rings (SSSR count). The molecule has 0 unspecified atom stereocenters. The van der Waals surface area contributed by atoms with Crippen LogP contribution in [0.25, 0.3) is 5.52 Å². The number of aromatic nitrogens is 3. The van der Waals surface area contributed by atoms with E-state index in [2.05, 4.69) is 22.3 Å². The lowest BCUT2D eigenvalue weighted by Crippen LogP contribution is -2.59. The van der Waals surface area contributed by atoms with E-state index in [1.807, 2.05) is 18.3 Å². The van der Waals surface area contributed by atoms with Gasteiger partial charge in [0, 0.05) is 12.2 Å². The average Bonchev–Trinajstić information content (AvgIpc) is 3.02. The van der Waals surface area contributed by atoms with Gasteiger partial charge in [-0.1, -0.05) is 6.92 Å². The van der Waals surface area contributed by atoms with E-state index in [0.717, 1.165) is 29.1 Å². The van der Waals surface area contributed by atoms with Crippen molar-refractivity contribution in [3.05, 3.63) is 23.6 Å². The summed E-state index contributed by atoms with van der Waals surface area (Å²) in [4.78, 5) is 4.41. The number of anilines is 1. The predicted molar refractivity (Wildman–Crippen MR) is 77.8 cm³/mol. The summed E-state index contributed by atoms with van der Waals surface area (Å²) in [6.45, 7) is 2.42. The van der Waals surface area contributed by atoms with Crippen LogP contribution >= 0.6 is 11.6 Å². The summed E-state index contributed by atoms with van der Waals surface area (Å²) in [7, 11) is 0. The van der Waals surface area contributed by atoms with Crippen molar-refractivity contribution in [3.8, 4) is 0 Å². The summed E-state index contributed by atoms with van der Waals surface area (Å²) in [6, 6.07) is 4.57. The van der Waals surface area contributed by atoms with Crippen LogP contribution in [-0.4, -0.2) is 20.6 Å². The zero-order valence-electron chi connectivity index (χ0n) is 11.4. The van der Waals surface area contributed by atoms with Gasteiger partial charge in [-0.3, -0.25) is 0 Å². The highest BCUT2D eigenvalue weighted by Crippen LogP contribution is 2.69. The molecule has 0 aliphatic heterocycles. The maximum atomic E-state index is 6.03. The van der Waals surface area contributed by atoms with E-state index < -0.39 is 0 Å². The van der Waals surface area contributed by atoms with Crippen molar-refractivity contribution in [2.24, 2.45) is 23.2 Å². The Labute approximate surface area is 122 Å². The van der Waals surface area contributed by atoms with E-state index in [9.17, 15) is 0 Å². The number of hydrogen-bond acceptors (Lipinski definition) is 3. The van der Waals surface area contributed by atoms with Gasteiger partial charge in [0.2, 0.25) is 5.28 Å². The number of nitrogens with zero attached hydrogens (tertiary/aromatic N) is 3. The molecule has 2 bridgehead atoms. The van der Waals surface area contributed by atoms with E-state index in [0.29, 0.717) is 16.7 Å². The van der Waals surface area contributed by atoms with Crippen molar-refractivity contribution in [1.29, 1.82) is 0 Å². The van der Waals surface area contributed by atoms with Crippen molar-refractivity contribution in [1.82, 2.24) is 14.6 Å². The van der Waals surface area contributed by atoms with E-state index in [1.54, 1.807) is 4.52 Å². The SMILES string of the molecule is C[C@@]12C[C@@H]3C[C@@H]3[C@@H](C1)[C@@H]2Nc1nc(Cl)nn2cccc12. The third-order valence-corrected chi connectivity index (χ3v) is 5.95. The second-order valence-electron chi connectivity index (χ2n) is 7.08. The Kier molecular flexibility index (Phi) is 1.98. The van der Waals surface area contributed by atoms with Crippen LogP contribution in [0.5, 0.6) is 0 Å². The fourth-order valence-corrected chi connectivity index (χ4v) is 4.99. The first-order valence-corrected chi connectivity index (χ1v) is 7.79. The molecule has 104 valence electrons. The molecule has 1 N–H and O–H groups in total. The molecule has 0 aromatic carbocycles.